The number of sulfonamides is 1. The van der Waals surface area contributed by atoms with Gasteiger partial charge in [0.15, 0.2) is 0 Å². The standard InChI is InChI=1S/C23H27N3O3S/c27-23(24-14-6-15-25-18-13-19-7-2-3-8-22(19)25)20-9-11-21(12-10-20)30(28,29)26-16-4-1-5-17-26/h2-3,7-13,18H,1,4-6,14-17H2,(H,24,27). The molecular weight excluding hydrogens is 398 g/mol. The minimum absolute atomic E-state index is 0.186. The Balaban J connectivity index is 1.30. The van der Waals surface area contributed by atoms with Gasteiger partial charge in [0.2, 0.25) is 10.0 Å². The number of hydrogen-bond acceptors (Lipinski definition) is 3. The number of carbonyl (C=O) groups excluding carboxylic acids is 1. The quantitative estimate of drug-likeness (QED) is 0.588. The van der Waals surface area contributed by atoms with Crippen LogP contribution in [0, 0.1) is 0 Å². The average molecular weight is 426 g/mol. The Morgan fingerprint density at radius 3 is 2.43 bits per heavy atom. The van der Waals surface area contributed by atoms with E-state index in [2.05, 4.69) is 34.3 Å². The van der Waals surface area contributed by atoms with E-state index in [-0.39, 0.29) is 10.8 Å². The minimum atomic E-state index is -3.47. The summed E-state index contributed by atoms with van der Waals surface area (Å²) in [6.45, 7) is 2.52. The summed E-state index contributed by atoms with van der Waals surface area (Å²) in [7, 11) is -3.47. The van der Waals surface area contributed by atoms with Crippen LogP contribution in [0.4, 0.5) is 0 Å². The van der Waals surface area contributed by atoms with E-state index < -0.39 is 10.0 Å². The van der Waals surface area contributed by atoms with Crippen LogP contribution in [0.25, 0.3) is 10.9 Å². The molecule has 0 unspecified atom stereocenters. The summed E-state index contributed by atoms with van der Waals surface area (Å²) >= 11 is 0. The molecule has 1 aliphatic rings. The molecule has 0 aliphatic carbocycles. The second kappa shape index (κ2) is 9.02. The van der Waals surface area contributed by atoms with Gasteiger partial charge in [-0.3, -0.25) is 4.79 Å². The number of nitrogens with one attached hydrogen (secondary N) is 1. The zero-order valence-electron chi connectivity index (χ0n) is 17.0. The van der Waals surface area contributed by atoms with E-state index in [0.717, 1.165) is 32.2 Å². The largest absolute Gasteiger partial charge is 0.352 e. The second-order valence-electron chi connectivity index (χ2n) is 7.67. The van der Waals surface area contributed by atoms with Crippen molar-refractivity contribution in [3.63, 3.8) is 0 Å². The van der Waals surface area contributed by atoms with E-state index in [1.165, 1.54) is 27.3 Å². The van der Waals surface area contributed by atoms with Crippen molar-refractivity contribution in [2.45, 2.75) is 37.1 Å². The molecule has 1 fully saturated rings. The van der Waals surface area contributed by atoms with Crippen LogP contribution in [0.2, 0.25) is 0 Å². The molecule has 6 nitrogen and oxygen atoms in total. The molecule has 2 aromatic carbocycles. The molecule has 1 aromatic heterocycles. The van der Waals surface area contributed by atoms with Crippen LogP contribution in [-0.2, 0) is 16.6 Å². The molecule has 30 heavy (non-hydrogen) atoms. The van der Waals surface area contributed by atoms with Gasteiger partial charge in [-0.05, 0) is 61.0 Å². The van der Waals surface area contributed by atoms with E-state index >= 15 is 0 Å². The number of para-hydroxylation sites is 1. The Hall–Kier alpha value is -2.64. The number of aryl methyl sites for hydroxylation is 1. The molecule has 1 aliphatic heterocycles. The second-order valence-corrected chi connectivity index (χ2v) is 9.60. The first-order valence-corrected chi connectivity index (χ1v) is 11.9. The van der Waals surface area contributed by atoms with Gasteiger partial charge in [-0.15, -0.1) is 0 Å². The minimum Gasteiger partial charge on any atom is -0.352 e. The Labute approximate surface area is 177 Å². The van der Waals surface area contributed by atoms with Gasteiger partial charge < -0.3 is 9.88 Å². The van der Waals surface area contributed by atoms with Gasteiger partial charge in [0.25, 0.3) is 5.91 Å². The third-order valence-corrected chi connectivity index (χ3v) is 7.52. The molecule has 0 spiro atoms. The number of aromatic nitrogens is 1. The van der Waals surface area contributed by atoms with Gasteiger partial charge >= 0.3 is 0 Å². The third-order valence-electron chi connectivity index (χ3n) is 5.61. The predicted octanol–water partition coefficient (Wildman–Crippen LogP) is 3.64. The first-order chi connectivity index (χ1) is 14.6. The molecule has 4 rings (SSSR count). The van der Waals surface area contributed by atoms with E-state index in [0.29, 0.717) is 25.2 Å². The van der Waals surface area contributed by atoms with Gasteiger partial charge in [0.05, 0.1) is 4.90 Å². The molecule has 7 heteroatoms. The number of fused-ring (bicyclic) bond motifs is 1. The van der Waals surface area contributed by atoms with Gasteiger partial charge in [-0.2, -0.15) is 4.31 Å². The smallest absolute Gasteiger partial charge is 0.251 e. The Morgan fingerprint density at radius 1 is 0.933 bits per heavy atom. The fourth-order valence-electron chi connectivity index (χ4n) is 3.92. The number of piperidine rings is 1. The molecule has 3 aromatic rings. The van der Waals surface area contributed by atoms with Crippen molar-refractivity contribution < 1.29 is 13.2 Å². The number of amides is 1. The van der Waals surface area contributed by atoms with Gasteiger partial charge in [0, 0.05) is 43.5 Å². The van der Waals surface area contributed by atoms with Gasteiger partial charge in [-0.25, -0.2) is 8.42 Å². The average Bonchev–Trinajstić information content (AvgIpc) is 3.20. The number of rotatable bonds is 7. The summed E-state index contributed by atoms with van der Waals surface area (Å²) < 4.78 is 29.1. The molecule has 158 valence electrons. The van der Waals surface area contributed by atoms with E-state index in [9.17, 15) is 13.2 Å². The molecule has 0 bridgehead atoms. The van der Waals surface area contributed by atoms with Crippen LogP contribution < -0.4 is 5.32 Å². The predicted molar refractivity (Wildman–Crippen MR) is 118 cm³/mol. The summed E-state index contributed by atoms with van der Waals surface area (Å²) in [4.78, 5) is 12.7. The lowest BCUT2D eigenvalue weighted by Gasteiger charge is -2.25. The lowest BCUT2D eigenvalue weighted by molar-refractivity contribution is 0.0952. The maximum atomic E-state index is 12.7. The van der Waals surface area contributed by atoms with Crippen LogP contribution in [0.3, 0.4) is 0 Å². The first kappa shape index (κ1) is 20.6. The highest BCUT2D eigenvalue weighted by atomic mass is 32.2. The van der Waals surface area contributed by atoms with Crippen molar-refractivity contribution in [1.29, 1.82) is 0 Å². The molecule has 1 N–H and O–H groups in total. The van der Waals surface area contributed by atoms with Crippen molar-refractivity contribution in [1.82, 2.24) is 14.2 Å². The summed E-state index contributed by atoms with van der Waals surface area (Å²) in [6.07, 6.45) is 5.75. The number of nitrogens with zero attached hydrogens (tertiary/aromatic N) is 2. The van der Waals surface area contributed by atoms with E-state index in [4.69, 9.17) is 0 Å². The fourth-order valence-corrected chi connectivity index (χ4v) is 5.44. The maximum Gasteiger partial charge on any atom is 0.251 e. The van der Waals surface area contributed by atoms with Crippen molar-refractivity contribution >= 4 is 26.8 Å². The molecular formula is C23H27N3O3S. The summed E-state index contributed by atoms with van der Waals surface area (Å²) in [5, 5.41) is 4.13. The SMILES string of the molecule is O=C(NCCCn1ccc2ccccc21)c1ccc(S(=O)(=O)N2CCCCC2)cc1. The summed E-state index contributed by atoms with van der Waals surface area (Å²) in [5.41, 5.74) is 1.66. The normalized spacial score (nSPS) is 15.3. The van der Waals surface area contributed by atoms with Crippen LogP contribution in [0.15, 0.2) is 65.7 Å². The van der Waals surface area contributed by atoms with Crippen LogP contribution in [-0.4, -0.2) is 42.8 Å². The fraction of sp³-hybridized carbons (Fsp3) is 0.348. The van der Waals surface area contributed by atoms with E-state index in [1.54, 1.807) is 12.1 Å². The maximum absolute atomic E-state index is 12.7. The lowest BCUT2D eigenvalue weighted by Crippen LogP contribution is -2.35. The van der Waals surface area contributed by atoms with Crippen molar-refractivity contribution in [3.8, 4) is 0 Å². The Morgan fingerprint density at radius 2 is 1.67 bits per heavy atom. The molecule has 2 heterocycles. The highest BCUT2D eigenvalue weighted by molar-refractivity contribution is 7.89. The van der Waals surface area contributed by atoms with E-state index in [1.807, 2.05) is 12.1 Å². The molecule has 0 saturated carbocycles. The zero-order valence-corrected chi connectivity index (χ0v) is 17.8. The van der Waals surface area contributed by atoms with Crippen LogP contribution >= 0.6 is 0 Å². The van der Waals surface area contributed by atoms with Crippen molar-refractivity contribution in [3.05, 3.63) is 66.4 Å². The summed E-state index contributed by atoms with van der Waals surface area (Å²) in [6, 6.07) is 16.6. The molecule has 1 amide bonds. The van der Waals surface area contributed by atoms with Gasteiger partial charge in [-0.1, -0.05) is 24.6 Å². The zero-order chi connectivity index (χ0) is 21.0. The van der Waals surface area contributed by atoms with Crippen LogP contribution in [0.5, 0.6) is 0 Å². The van der Waals surface area contributed by atoms with Crippen LogP contribution in [0.1, 0.15) is 36.0 Å². The molecule has 0 radical (unpaired) electrons. The summed E-state index contributed by atoms with van der Waals surface area (Å²) in [5.74, 6) is -0.186. The first-order valence-electron chi connectivity index (χ1n) is 10.5. The highest BCUT2D eigenvalue weighted by Crippen LogP contribution is 2.21. The Kier molecular flexibility index (Phi) is 6.20. The van der Waals surface area contributed by atoms with Crippen molar-refractivity contribution in [2.75, 3.05) is 19.6 Å². The van der Waals surface area contributed by atoms with Gasteiger partial charge in [0.1, 0.15) is 0 Å². The Bertz CT molecular complexity index is 1110. The number of benzene rings is 2. The topological polar surface area (TPSA) is 71.4 Å². The number of hydrogen-bond donors (Lipinski definition) is 1. The molecule has 1 saturated heterocycles. The monoisotopic (exact) mass is 425 g/mol. The third kappa shape index (κ3) is 4.42. The highest BCUT2D eigenvalue weighted by Gasteiger charge is 2.25. The molecule has 0 atom stereocenters. The lowest BCUT2D eigenvalue weighted by atomic mass is 10.2. The number of carbonyl (C=O) groups is 1. The van der Waals surface area contributed by atoms with Crippen molar-refractivity contribution in [2.24, 2.45) is 0 Å².